The molecule has 5 heterocycles. The van der Waals surface area contributed by atoms with Gasteiger partial charge in [-0.2, -0.15) is 4.31 Å². The molecule has 0 fully saturated rings. The zero-order valence-corrected chi connectivity index (χ0v) is 24.2. The highest BCUT2D eigenvalue weighted by Gasteiger charge is 2.40. The molecule has 1 N–H and O–H groups in total. The van der Waals surface area contributed by atoms with Crippen LogP contribution in [0, 0.1) is 0 Å². The van der Waals surface area contributed by atoms with Crippen LogP contribution < -0.4 is 14.8 Å². The Bertz CT molecular complexity index is 1770. The lowest BCUT2D eigenvalue weighted by Gasteiger charge is -2.37. The smallest absolute Gasteiger partial charge is 0.349 e. The number of esters is 1. The minimum absolute atomic E-state index is 0.0345. The summed E-state index contributed by atoms with van der Waals surface area (Å²) in [5.74, 6) is 0.563. The molecule has 0 saturated heterocycles. The number of nitrogens with one attached hydrogen (secondary N) is 1. The van der Waals surface area contributed by atoms with Gasteiger partial charge in [0.25, 0.3) is 5.91 Å². The van der Waals surface area contributed by atoms with Crippen LogP contribution >= 0.6 is 11.3 Å². The molecule has 0 radical (unpaired) electrons. The Morgan fingerprint density at radius 1 is 1.10 bits per heavy atom. The lowest BCUT2D eigenvalue weighted by Crippen LogP contribution is -2.40. The maximum Gasteiger partial charge on any atom is 0.349 e. The average Bonchev–Trinajstić information content (AvgIpc) is 3.51. The Hall–Kier alpha value is -4.26. The van der Waals surface area contributed by atoms with Crippen molar-refractivity contribution in [2.24, 2.45) is 0 Å². The topological polar surface area (TPSA) is 124 Å². The van der Waals surface area contributed by atoms with Gasteiger partial charge in [-0.25, -0.2) is 13.2 Å². The second kappa shape index (κ2) is 11.6. The maximum absolute atomic E-state index is 14.2. The summed E-state index contributed by atoms with van der Waals surface area (Å²) >= 11 is 1.03. The number of carbonyl (C=O) groups excluding carboxylic acids is 2. The van der Waals surface area contributed by atoms with E-state index in [0.29, 0.717) is 54.4 Å². The van der Waals surface area contributed by atoms with Gasteiger partial charge in [0.15, 0.2) is 0 Å². The van der Waals surface area contributed by atoms with Gasteiger partial charge in [-0.05, 0) is 71.3 Å². The van der Waals surface area contributed by atoms with Crippen molar-refractivity contribution in [2.75, 3.05) is 26.8 Å². The lowest BCUT2D eigenvalue weighted by molar-refractivity contribution is 0.0602. The number of methoxy groups -OCH3 is 1. The number of nitrogens with zero attached hydrogens (tertiary/aromatic N) is 2. The summed E-state index contributed by atoms with van der Waals surface area (Å²) in [6, 6.07) is 15.2. The maximum atomic E-state index is 14.2. The van der Waals surface area contributed by atoms with Gasteiger partial charge in [-0.15, -0.1) is 11.3 Å². The first-order valence-corrected chi connectivity index (χ1v) is 15.6. The van der Waals surface area contributed by atoms with E-state index >= 15 is 0 Å². The van der Waals surface area contributed by atoms with E-state index in [1.54, 1.807) is 17.5 Å². The Morgan fingerprint density at radius 2 is 1.98 bits per heavy atom. The summed E-state index contributed by atoms with van der Waals surface area (Å²) in [5, 5.41) is 4.44. The molecule has 8 bridgehead atoms. The van der Waals surface area contributed by atoms with Crippen molar-refractivity contribution in [3.05, 3.63) is 99.5 Å². The normalized spacial score (nSPS) is 17.3. The van der Waals surface area contributed by atoms with Crippen LogP contribution in [-0.4, -0.2) is 56.4 Å². The molecule has 2 aromatic heterocycles. The minimum Gasteiger partial charge on any atom is -0.494 e. The molecule has 2 aromatic carbocycles. The number of thiophene rings is 1. The van der Waals surface area contributed by atoms with Gasteiger partial charge in [0.05, 0.1) is 31.5 Å². The average molecular weight is 606 g/mol. The van der Waals surface area contributed by atoms with Crippen LogP contribution in [0.5, 0.6) is 17.2 Å². The first kappa shape index (κ1) is 27.9. The summed E-state index contributed by atoms with van der Waals surface area (Å²) < 4.78 is 46.7. The molecule has 4 aromatic rings. The molecule has 3 aliphatic rings. The molecule has 216 valence electrons. The summed E-state index contributed by atoms with van der Waals surface area (Å²) in [6.45, 7) is 0.906. The number of hydrogen-bond donors (Lipinski definition) is 1. The Labute approximate surface area is 246 Å². The molecule has 1 amide bonds. The summed E-state index contributed by atoms with van der Waals surface area (Å²) in [7, 11) is -2.89. The van der Waals surface area contributed by atoms with Crippen LogP contribution in [-0.2, 0) is 21.2 Å². The van der Waals surface area contributed by atoms with Crippen molar-refractivity contribution >= 4 is 33.2 Å². The fourth-order valence-electron chi connectivity index (χ4n) is 5.19. The molecule has 42 heavy (non-hydrogen) atoms. The number of benzene rings is 2. The van der Waals surface area contributed by atoms with E-state index in [-0.39, 0.29) is 22.2 Å². The Morgan fingerprint density at radius 3 is 2.83 bits per heavy atom. The SMILES string of the molecule is COC(=O)c1sccc1S(=O)(=O)N1CCc2cc3ccc2C1c1cccc(c1)OCCCNC(=O)c1cncc(c1)O3. The van der Waals surface area contributed by atoms with Crippen molar-refractivity contribution in [3.8, 4) is 17.2 Å². The lowest BCUT2D eigenvalue weighted by atomic mass is 9.89. The van der Waals surface area contributed by atoms with Gasteiger partial charge in [0.1, 0.15) is 27.0 Å². The van der Waals surface area contributed by atoms with Gasteiger partial charge in [-0.1, -0.05) is 18.2 Å². The predicted molar refractivity (Wildman–Crippen MR) is 155 cm³/mol. The number of fused-ring (bicyclic) bond motifs is 6. The number of sulfonamides is 1. The van der Waals surface area contributed by atoms with Gasteiger partial charge in [0, 0.05) is 19.3 Å². The van der Waals surface area contributed by atoms with E-state index in [2.05, 4.69) is 10.3 Å². The van der Waals surface area contributed by atoms with E-state index in [0.717, 1.165) is 22.5 Å². The standard InChI is InChI=1S/C30H27N3O7S2/c1-38-30(35)28-26(9-13-41-28)42(36,37)33-11-8-19-14-23-6-7-25(19)27(33)20-4-2-5-22(15-20)39-12-3-10-32-29(34)21-16-24(40-23)18-31-17-21/h2,4-7,9,13-18,27H,3,8,10-12H2,1H3,(H,32,34). The Kier molecular flexibility index (Phi) is 7.67. The summed E-state index contributed by atoms with van der Waals surface area (Å²) in [5.41, 5.74) is 2.79. The second-order valence-corrected chi connectivity index (χ2v) is 12.6. The van der Waals surface area contributed by atoms with E-state index in [4.69, 9.17) is 14.2 Å². The highest BCUT2D eigenvalue weighted by atomic mass is 32.2. The van der Waals surface area contributed by atoms with Gasteiger partial charge < -0.3 is 19.5 Å². The fourth-order valence-corrected chi connectivity index (χ4v) is 8.10. The van der Waals surface area contributed by atoms with Crippen LogP contribution in [0.4, 0.5) is 0 Å². The minimum atomic E-state index is -4.12. The van der Waals surface area contributed by atoms with Crippen molar-refractivity contribution in [1.29, 1.82) is 0 Å². The molecular formula is C30H27N3O7S2. The molecule has 10 nitrogen and oxygen atoms in total. The third-order valence-electron chi connectivity index (χ3n) is 7.15. The van der Waals surface area contributed by atoms with Crippen LogP contribution in [0.3, 0.4) is 0 Å². The fraction of sp³-hybridized carbons (Fsp3) is 0.233. The van der Waals surface area contributed by atoms with Crippen LogP contribution in [0.25, 0.3) is 0 Å². The summed E-state index contributed by atoms with van der Waals surface area (Å²) in [6.07, 6.45) is 3.98. The zero-order chi connectivity index (χ0) is 29.3. The monoisotopic (exact) mass is 605 g/mol. The van der Waals surface area contributed by atoms with Gasteiger partial charge in [-0.3, -0.25) is 9.78 Å². The Balaban J connectivity index is 1.46. The largest absolute Gasteiger partial charge is 0.494 e. The van der Waals surface area contributed by atoms with E-state index in [1.807, 2.05) is 36.4 Å². The molecule has 1 unspecified atom stereocenters. The molecular weight excluding hydrogens is 578 g/mol. The molecule has 0 aliphatic carbocycles. The first-order chi connectivity index (χ1) is 20.3. The molecule has 3 aliphatic heterocycles. The van der Waals surface area contributed by atoms with Crippen molar-refractivity contribution in [1.82, 2.24) is 14.6 Å². The number of pyridine rings is 1. The number of aromatic nitrogens is 1. The number of rotatable bonds is 3. The van der Waals surface area contributed by atoms with E-state index < -0.39 is 22.0 Å². The molecule has 0 spiro atoms. The van der Waals surface area contributed by atoms with Crippen molar-refractivity contribution in [2.45, 2.75) is 23.8 Å². The first-order valence-electron chi connectivity index (χ1n) is 13.3. The molecule has 1 atom stereocenters. The van der Waals surface area contributed by atoms with E-state index in [1.165, 1.54) is 29.9 Å². The van der Waals surface area contributed by atoms with Gasteiger partial charge >= 0.3 is 5.97 Å². The molecule has 0 saturated carbocycles. The third kappa shape index (κ3) is 5.36. The van der Waals surface area contributed by atoms with Crippen molar-refractivity contribution < 1.29 is 32.2 Å². The molecule has 7 rings (SSSR count). The second-order valence-electron chi connectivity index (χ2n) is 9.78. The summed E-state index contributed by atoms with van der Waals surface area (Å²) in [4.78, 5) is 29.2. The third-order valence-corrected chi connectivity index (χ3v) is 10.1. The number of carbonyl (C=O) groups is 2. The van der Waals surface area contributed by atoms with Crippen LogP contribution in [0.15, 0.2) is 77.3 Å². The predicted octanol–water partition coefficient (Wildman–Crippen LogP) is 4.57. The number of hydrogen-bond acceptors (Lipinski definition) is 9. The molecule has 12 heteroatoms. The zero-order valence-electron chi connectivity index (χ0n) is 22.6. The van der Waals surface area contributed by atoms with Crippen LogP contribution in [0.2, 0.25) is 0 Å². The number of ether oxygens (including phenoxy) is 3. The van der Waals surface area contributed by atoms with Crippen molar-refractivity contribution in [3.63, 3.8) is 0 Å². The highest BCUT2D eigenvalue weighted by Crippen LogP contribution is 2.42. The van der Waals surface area contributed by atoms with E-state index in [9.17, 15) is 18.0 Å². The number of amides is 1. The quantitative estimate of drug-likeness (QED) is 0.337. The van der Waals surface area contributed by atoms with Gasteiger partial charge in [0.2, 0.25) is 10.0 Å². The highest BCUT2D eigenvalue weighted by molar-refractivity contribution is 7.89. The van der Waals surface area contributed by atoms with Crippen LogP contribution in [0.1, 0.15) is 49.2 Å².